The number of amides is 1. The van der Waals surface area contributed by atoms with E-state index in [0.717, 1.165) is 11.9 Å². The third-order valence-electron chi connectivity index (χ3n) is 7.56. The molecule has 204 valence electrons. The Kier molecular flexibility index (Phi) is 6.47. The maximum Gasteiger partial charge on any atom is 0.254 e. The maximum atomic E-state index is 15.2. The highest BCUT2D eigenvalue weighted by molar-refractivity contribution is 6.31. The largest absolute Gasteiger partial charge is 0.507 e. The number of aromatic hydroxyl groups is 1. The van der Waals surface area contributed by atoms with Crippen LogP contribution in [-0.4, -0.2) is 73.7 Å². The molecule has 2 aromatic heterocycles. The maximum absolute atomic E-state index is 15.2. The molecule has 2 atom stereocenters. The first-order valence-electron chi connectivity index (χ1n) is 12.7. The second kappa shape index (κ2) is 10.00. The van der Waals surface area contributed by atoms with Gasteiger partial charge < -0.3 is 25.2 Å². The lowest BCUT2D eigenvalue weighted by molar-refractivity contribution is 0.0532. The Balaban J connectivity index is 1.47. The van der Waals surface area contributed by atoms with Crippen LogP contribution in [0.3, 0.4) is 0 Å². The van der Waals surface area contributed by atoms with E-state index >= 15 is 4.39 Å². The summed E-state index contributed by atoms with van der Waals surface area (Å²) >= 11 is 6.17. The van der Waals surface area contributed by atoms with Crippen molar-refractivity contribution in [2.45, 2.75) is 25.0 Å². The van der Waals surface area contributed by atoms with Gasteiger partial charge in [-0.1, -0.05) is 23.7 Å². The molecule has 6 rings (SSSR count). The first-order valence-corrected chi connectivity index (χ1v) is 13.1. The summed E-state index contributed by atoms with van der Waals surface area (Å²) < 4.78 is 17.1. The Labute approximate surface area is 234 Å². The lowest BCUT2D eigenvalue weighted by Gasteiger charge is -2.41. The Morgan fingerprint density at radius 1 is 1.25 bits per heavy atom. The third kappa shape index (κ3) is 4.37. The third-order valence-corrected chi connectivity index (χ3v) is 7.79. The summed E-state index contributed by atoms with van der Waals surface area (Å²) in [5.41, 5.74) is 8.98. The van der Waals surface area contributed by atoms with Crippen molar-refractivity contribution in [2.75, 3.05) is 20.1 Å². The number of phenolic OH excluding ortho intramolecular Hbond substituents is 1. The molecule has 2 unspecified atom stereocenters. The Hall–Kier alpha value is -4.35. The van der Waals surface area contributed by atoms with Gasteiger partial charge in [0, 0.05) is 36.3 Å². The van der Waals surface area contributed by atoms with Crippen molar-refractivity contribution in [2.24, 2.45) is 10.7 Å². The number of amidine groups is 1. The number of rotatable bonds is 5. The molecule has 2 aliphatic heterocycles. The molecular formula is C28H26ClFN8O2. The second-order valence-corrected chi connectivity index (χ2v) is 10.6. The highest BCUT2D eigenvalue weighted by Gasteiger charge is 2.38. The van der Waals surface area contributed by atoms with Crippen LogP contribution in [0.25, 0.3) is 22.4 Å². The number of likely N-dealkylation sites (N-methyl/N-ethyl adjacent to an activating group) is 1. The fourth-order valence-electron chi connectivity index (χ4n) is 5.82. The van der Waals surface area contributed by atoms with Crippen molar-refractivity contribution in [1.82, 2.24) is 24.3 Å². The molecule has 2 aliphatic rings. The monoisotopic (exact) mass is 560 g/mol. The Morgan fingerprint density at radius 2 is 2.05 bits per heavy atom. The van der Waals surface area contributed by atoms with Crippen LogP contribution in [0.1, 0.15) is 34.1 Å². The van der Waals surface area contributed by atoms with Crippen LogP contribution in [0.2, 0.25) is 5.02 Å². The predicted octanol–water partition coefficient (Wildman–Crippen LogP) is 3.81. The number of benzene rings is 2. The van der Waals surface area contributed by atoms with Gasteiger partial charge in [-0.25, -0.2) is 14.4 Å². The van der Waals surface area contributed by atoms with Crippen LogP contribution in [0, 0.1) is 11.2 Å². The second-order valence-electron chi connectivity index (χ2n) is 10.1. The van der Waals surface area contributed by atoms with Crippen LogP contribution in [0.5, 0.6) is 5.75 Å². The molecular weight excluding hydrogens is 535 g/mol. The van der Waals surface area contributed by atoms with E-state index in [2.05, 4.69) is 14.9 Å². The van der Waals surface area contributed by atoms with Crippen molar-refractivity contribution in [3.8, 4) is 17.1 Å². The molecule has 4 N–H and O–H groups in total. The topological polar surface area (TPSA) is 137 Å². The van der Waals surface area contributed by atoms with E-state index in [9.17, 15) is 9.90 Å². The highest BCUT2D eigenvalue weighted by Crippen LogP contribution is 2.39. The van der Waals surface area contributed by atoms with Crippen LogP contribution in [0.15, 0.2) is 53.7 Å². The quantitative estimate of drug-likeness (QED) is 0.251. The van der Waals surface area contributed by atoms with Crippen LogP contribution in [-0.2, 0) is 6.54 Å². The van der Waals surface area contributed by atoms with Crippen LogP contribution in [0.4, 0.5) is 4.39 Å². The average molecular weight is 561 g/mol. The number of halogens is 2. The van der Waals surface area contributed by atoms with Crippen LogP contribution >= 0.6 is 11.6 Å². The zero-order valence-electron chi connectivity index (χ0n) is 21.6. The number of carbonyl (C=O) groups is 1. The minimum absolute atomic E-state index is 0.0227. The molecule has 10 nitrogen and oxygen atoms in total. The van der Waals surface area contributed by atoms with Crippen molar-refractivity contribution < 1.29 is 14.3 Å². The highest BCUT2D eigenvalue weighted by atomic mass is 35.5. The lowest BCUT2D eigenvalue weighted by atomic mass is 9.98. The first kappa shape index (κ1) is 25.9. The molecule has 0 spiro atoms. The van der Waals surface area contributed by atoms with Gasteiger partial charge in [0.25, 0.3) is 5.91 Å². The molecule has 2 aromatic carbocycles. The van der Waals surface area contributed by atoms with Gasteiger partial charge in [0.2, 0.25) is 0 Å². The van der Waals surface area contributed by atoms with E-state index in [1.54, 1.807) is 18.2 Å². The molecule has 40 heavy (non-hydrogen) atoms. The van der Waals surface area contributed by atoms with Gasteiger partial charge in [0.05, 0.1) is 23.3 Å². The molecule has 0 saturated carbocycles. The molecule has 0 bridgehead atoms. The molecule has 4 aromatic rings. The number of hydrogen-bond donors (Lipinski definition) is 3. The van der Waals surface area contributed by atoms with Gasteiger partial charge in [0.1, 0.15) is 34.9 Å². The van der Waals surface area contributed by atoms with Crippen molar-refractivity contribution in [3.05, 3.63) is 76.3 Å². The zero-order valence-corrected chi connectivity index (χ0v) is 22.3. The van der Waals surface area contributed by atoms with Gasteiger partial charge in [-0.15, -0.1) is 0 Å². The summed E-state index contributed by atoms with van der Waals surface area (Å²) in [6, 6.07) is 10.8. The molecule has 1 saturated heterocycles. The minimum atomic E-state index is -0.614. The molecule has 0 aliphatic carbocycles. The van der Waals surface area contributed by atoms with Crippen molar-refractivity contribution in [3.63, 3.8) is 0 Å². The normalized spacial score (nSPS) is 19.8. The van der Waals surface area contributed by atoms with Crippen LogP contribution < -0.4 is 5.73 Å². The number of aliphatic imine (C=N–C) groups is 1. The Morgan fingerprint density at radius 3 is 2.83 bits per heavy atom. The van der Waals surface area contributed by atoms with E-state index in [1.165, 1.54) is 24.4 Å². The molecule has 1 fully saturated rings. The fraction of sp³-hybridized carbons (Fsp3) is 0.250. The number of carbonyl (C=O) groups excluding carboxylic acids is 1. The van der Waals surface area contributed by atoms with Crippen molar-refractivity contribution >= 4 is 40.7 Å². The average Bonchev–Trinajstić information content (AvgIpc) is 3.45. The van der Waals surface area contributed by atoms with E-state index in [-0.39, 0.29) is 41.0 Å². The molecule has 12 heteroatoms. The van der Waals surface area contributed by atoms with Gasteiger partial charge in [-0.3, -0.25) is 15.2 Å². The van der Waals surface area contributed by atoms with Crippen molar-refractivity contribution in [1.29, 1.82) is 5.41 Å². The number of aromatic nitrogens is 3. The number of imidazole rings is 1. The number of pyridine rings is 1. The van der Waals surface area contributed by atoms with E-state index in [1.807, 2.05) is 22.6 Å². The molecule has 1 amide bonds. The number of phenols is 1. The van der Waals surface area contributed by atoms with E-state index in [4.69, 9.17) is 27.7 Å². The smallest absolute Gasteiger partial charge is 0.254 e. The van der Waals surface area contributed by atoms with Gasteiger partial charge in [-0.05, 0) is 49.4 Å². The SMILES string of the molecule is CN1CC(N2Cc3ccc(Cl)cc3C2=O)CC(n2c(-c3c(O)cccc3F)nc3cnc(C(N)=NC=N)cc32)C1. The lowest BCUT2D eigenvalue weighted by Crippen LogP contribution is -2.50. The predicted molar refractivity (Wildman–Crippen MR) is 150 cm³/mol. The number of nitrogens with zero attached hydrogens (tertiary/aromatic N) is 6. The summed E-state index contributed by atoms with van der Waals surface area (Å²) in [5, 5.41) is 18.5. The zero-order chi connectivity index (χ0) is 28.1. The van der Waals surface area contributed by atoms with Gasteiger partial charge >= 0.3 is 0 Å². The fourth-order valence-corrected chi connectivity index (χ4v) is 5.99. The van der Waals surface area contributed by atoms with Gasteiger partial charge in [0.15, 0.2) is 5.84 Å². The Bertz CT molecular complexity index is 1680. The summed E-state index contributed by atoms with van der Waals surface area (Å²) in [4.78, 5) is 30.3. The summed E-state index contributed by atoms with van der Waals surface area (Å²) in [7, 11) is 1.98. The van der Waals surface area contributed by atoms with E-state index in [0.29, 0.717) is 53.4 Å². The van der Waals surface area contributed by atoms with Gasteiger partial charge in [-0.2, -0.15) is 0 Å². The number of nitrogens with two attached hydrogens (primary N) is 1. The first-order chi connectivity index (χ1) is 19.2. The van der Waals surface area contributed by atoms with E-state index < -0.39 is 5.82 Å². The summed E-state index contributed by atoms with van der Waals surface area (Å²) in [6.07, 6.45) is 2.91. The summed E-state index contributed by atoms with van der Waals surface area (Å²) in [5.74, 6) is -0.623. The summed E-state index contributed by atoms with van der Waals surface area (Å²) in [6.45, 7) is 1.72. The molecule has 4 heterocycles. The minimum Gasteiger partial charge on any atom is -0.507 e. The number of hydrogen-bond acceptors (Lipinski definition) is 6. The standard InChI is InChI=1S/C28H26ClFN8O2/c1-36-12-17(37-11-15-5-6-16(29)7-19(15)28(37)40)8-18(13-36)38-23-9-21(26(32)34-14-31)33-10-22(23)35-27(38)25-20(30)3-2-4-24(25)39/h2-7,9-10,14,17-18,39H,8,11-13H2,1H3,(H3,31,32,34). The number of piperidine rings is 1. The number of likely N-dealkylation sites (tertiary alicyclic amines) is 1. The number of fused-ring (bicyclic) bond motifs is 2. The number of nitrogens with one attached hydrogen (secondary N) is 1. The molecule has 0 radical (unpaired) electrons.